The van der Waals surface area contributed by atoms with Crippen molar-refractivity contribution in [2.24, 2.45) is 5.41 Å². The van der Waals surface area contributed by atoms with E-state index in [1.807, 2.05) is 20.8 Å². The SMILES string of the molecule is CC(C)(C)OC(=O)N[C@H](C(=O)N1C[CH-]C[C@H]1C(=O)O)C(C)(C)C.[W]. The molecule has 0 unspecified atom stereocenters. The molecule has 7 nitrogen and oxygen atoms in total. The van der Waals surface area contributed by atoms with Crippen LogP contribution in [0.25, 0.3) is 0 Å². The average molecular weight is 511 g/mol. The Morgan fingerprint density at radius 3 is 2.17 bits per heavy atom. The van der Waals surface area contributed by atoms with Gasteiger partial charge in [0, 0.05) is 21.1 Å². The number of carbonyl (C=O) groups excluding carboxylic acids is 2. The van der Waals surface area contributed by atoms with E-state index in [0.29, 0.717) is 6.42 Å². The number of likely N-dealkylation sites (tertiary alicyclic amines) is 1. The van der Waals surface area contributed by atoms with Crippen molar-refractivity contribution in [1.82, 2.24) is 10.2 Å². The van der Waals surface area contributed by atoms with Gasteiger partial charge < -0.3 is 26.5 Å². The second-order valence-corrected chi connectivity index (χ2v) is 7.81. The number of nitrogens with zero attached hydrogens (tertiary/aromatic N) is 1. The number of ether oxygens (including phenoxy) is 1. The Morgan fingerprint density at radius 1 is 1.21 bits per heavy atom. The summed E-state index contributed by atoms with van der Waals surface area (Å²) < 4.78 is 5.21. The Bertz CT molecular complexity index is 482. The molecular weight excluding hydrogens is 484 g/mol. The van der Waals surface area contributed by atoms with Crippen LogP contribution in [-0.4, -0.2) is 52.2 Å². The number of hydrogen-bond donors (Lipinski definition) is 2. The monoisotopic (exact) mass is 511 g/mol. The minimum absolute atomic E-state index is 0. The van der Waals surface area contributed by atoms with Crippen molar-refractivity contribution in [2.75, 3.05) is 6.54 Å². The molecular formula is C16H27N2O5W-. The van der Waals surface area contributed by atoms with E-state index in [4.69, 9.17) is 4.74 Å². The molecule has 2 atom stereocenters. The molecule has 8 heteroatoms. The van der Waals surface area contributed by atoms with E-state index in [9.17, 15) is 19.5 Å². The van der Waals surface area contributed by atoms with Crippen LogP contribution in [0.1, 0.15) is 48.0 Å². The van der Waals surface area contributed by atoms with Crippen molar-refractivity contribution in [3.05, 3.63) is 6.42 Å². The average Bonchev–Trinajstić information content (AvgIpc) is 2.80. The van der Waals surface area contributed by atoms with Crippen LogP contribution >= 0.6 is 0 Å². The summed E-state index contributed by atoms with van der Waals surface area (Å²) in [5, 5.41) is 11.8. The third-order valence-corrected chi connectivity index (χ3v) is 3.43. The van der Waals surface area contributed by atoms with E-state index in [2.05, 4.69) is 5.32 Å². The Morgan fingerprint density at radius 2 is 1.75 bits per heavy atom. The fraction of sp³-hybridized carbons (Fsp3) is 0.750. The van der Waals surface area contributed by atoms with E-state index < -0.39 is 41.1 Å². The number of alkyl carbamates (subject to hydrolysis) is 1. The Kier molecular flexibility index (Phi) is 7.94. The molecule has 0 radical (unpaired) electrons. The number of hydrogen-bond acceptors (Lipinski definition) is 4. The largest absolute Gasteiger partial charge is 0.480 e. The van der Waals surface area contributed by atoms with Crippen LogP contribution in [0.3, 0.4) is 0 Å². The maximum absolute atomic E-state index is 12.8. The summed E-state index contributed by atoms with van der Waals surface area (Å²) in [6.45, 7) is 10.9. The Labute approximate surface area is 157 Å². The van der Waals surface area contributed by atoms with Gasteiger partial charge in [0.15, 0.2) is 0 Å². The predicted octanol–water partition coefficient (Wildman–Crippen LogP) is 1.81. The molecule has 1 saturated heterocycles. The number of aliphatic carboxylic acids is 1. The molecule has 1 fully saturated rings. The van der Waals surface area contributed by atoms with Crippen LogP contribution in [0.5, 0.6) is 0 Å². The van der Waals surface area contributed by atoms with E-state index in [-0.39, 0.29) is 27.6 Å². The van der Waals surface area contributed by atoms with Gasteiger partial charge in [-0.2, -0.15) is 0 Å². The molecule has 0 saturated carbocycles. The third kappa shape index (κ3) is 6.42. The molecule has 0 aromatic carbocycles. The third-order valence-electron chi connectivity index (χ3n) is 3.43. The normalized spacial score (nSPS) is 19.2. The summed E-state index contributed by atoms with van der Waals surface area (Å²) in [5.74, 6) is -1.46. The maximum Gasteiger partial charge on any atom is 0.408 e. The van der Waals surface area contributed by atoms with Gasteiger partial charge in [-0.3, -0.25) is 9.59 Å². The van der Waals surface area contributed by atoms with Gasteiger partial charge in [-0.05, 0) is 26.2 Å². The molecule has 1 rings (SSSR count). The van der Waals surface area contributed by atoms with Crippen LogP contribution in [0.2, 0.25) is 0 Å². The second kappa shape index (κ2) is 8.32. The second-order valence-electron chi connectivity index (χ2n) is 7.81. The fourth-order valence-corrected chi connectivity index (χ4v) is 2.34. The van der Waals surface area contributed by atoms with Crippen molar-refractivity contribution in [1.29, 1.82) is 0 Å². The zero-order valence-corrected chi connectivity index (χ0v) is 18.0. The number of rotatable bonds is 3. The Hall–Kier alpha value is -1.10. The smallest absolute Gasteiger partial charge is 0.408 e. The molecule has 2 N–H and O–H groups in total. The first-order valence-corrected chi connectivity index (χ1v) is 7.67. The van der Waals surface area contributed by atoms with Crippen LogP contribution in [0, 0.1) is 11.8 Å². The molecule has 0 bridgehead atoms. The predicted molar refractivity (Wildman–Crippen MR) is 84.7 cm³/mol. The van der Waals surface area contributed by atoms with Crippen molar-refractivity contribution < 1.29 is 45.3 Å². The molecule has 0 spiro atoms. The van der Waals surface area contributed by atoms with Gasteiger partial charge in [0.05, 0.1) is 6.04 Å². The topological polar surface area (TPSA) is 95.9 Å². The van der Waals surface area contributed by atoms with Gasteiger partial charge in [0.2, 0.25) is 5.91 Å². The summed E-state index contributed by atoms with van der Waals surface area (Å²) in [6.07, 6.45) is 1.37. The minimum Gasteiger partial charge on any atom is -0.480 e. The van der Waals surface area contributed by atoms with E-state index in [1.54, 1.807) is 27.2 Å². The van der Waals surface area contributed by atoms with E-state index in [0.717, 1.165) is 0 Å². The van der Waals surface area contributed by atoms with E-state index >= 15 is 0 Å². The van der Waals surface area contributed by atoms with Gasteiger partial charge in [0.25, 0.3) is 0 Å². The van der Waals surface area contributed by atoms with Gasteiger partial charge in [-0.15, -0.1) is 13.0 Å². The van der Waals surface area contributed by atoms with Crippen molar-refractivity contribution >= 4 is 18.0 Å². The molecule has 1 heterocycles. The Balaban J connectivity index is 0.00000529. The molecule has 24 heavy (non-hydrogen) atoms. The van der Waals surface area contributed by atoms with Crippen LogP contribution < -0.4 is 5.32 Å². The summed E-state index contributed by atoms with van der Waals surface area (Å²) in [7, 11) is 0. The van der Waals surface area contributed by atoms with Crippen molar-refractivity contribution in [3.8, 4) is 0 Å². The van der Waals surface area contributed by atoms with Gasteiger partial charge >= 0.3 is 12.1 Å². The maximum atomic E-state index is 12.8. The van der Waals surface area contributed by atoms with Gasteiger partial charge in [-0.25, -0.2) is 4.79 Å². The molecule has 2 amide bonds. The molecule has 0 aromatic rings. The number of amides is 2. The first-order chi connectivity index (χ1) is 10.3. The summed E-state index contributed by atoms with van der Waals surface area (Å²) >= 11 is 0. The zero-order valence-electron chi connectivity index (χ0n) is 15.1. The number of carboxylic acid groups (broad SMARTS) is 1. The molecule has 0 aromatic heterocycles. The minimum atomic E-state index is -1.04. The van der Waals surface area contributed by atoms with E-state index in [1.165, 1.54) is 4.90 Å². The number of carboxylic acids is 1. The summed E-state index contributed by atoms with van der Waals surface area (Å²) in [5.41, 5.74) is -1.26. The molecule has 1 aliphatic heterocycles. The quantitative estimate of drug-likeness (QED) is 0.564. The summed E-state index contributed by atoms with van der Waals surface area (Å²) in [4.78, 5) is 37.4. The summed E-state index contributed by atoms with van der Waals surface area (Å²) in [6, 6.07) is -1.75. The standard InChI is InChI=1S/C16H27N2O5.W/c1-15(2,3)11(17-14(22)23-16(4,5)6)12(19)18-9-7-8-10(18)13(20)21;/h7,10-11H,8-9H2,1-6H3,(H,17,22)(H,20,21);/q-1;/t10-,11+;/m0./s1. The molecule has 0 aliphatic carbocycles. The molecule has 1 aliphatic rings. The van der Waals surface area contributed by atoms with Gasteiger partial charge in [-0.1, -0.05) is 20.8 Å². The first kappa shape index (κ1) is 22.9. The van der Waals surface area contributed by atoms with Crippen molar-refractivity contribution in [3.63, 3.8) is 0 Å². The van der Waals surface area contributed by atoms with Crippen molar-refractivity contribution in [2.45, 2.75) is 65.6 Å². The molecule has 138 valence electrons. The first-order valence-electron chi connectivity index (χ1n) is 7.67. The van der Waals surface area contributed by atoms with Crippen LogP contribution in [0.4, 0.5) is 4.79 Å². The van der Waals surface area contributed by atoms with Gasteiger partial charge in [0.1, 0.15) is 11.6 Å². The number of nitrogens with one attached hydrogen (secondary N) is 1. The number of carbonyl (C=O) groups is 3. The fourth-order valence-electron chi connectivity index (χ4n) is 2.34. The van der Waals surface area contributed by atoms with Crippen LogP contribution in [0.15, 0.2) is 0 Å². The van der Waals surface area contributed by atoms with Crippen LogP contribution in [-0.2, 0) is 35.4 Å². The zero-order chi connectivity index (χ0) is 18.0.